The van der Waals surface area contributed by atoms with E-state index in [0.717, 1.165) is 17.6 Å². The standard InChI is InChI=1S/C19H24N2O5S/c1-4-26-16-9-5-14(6-10-16)7-12-19(22)20-15-8-11-18(25-2)17(13-15)21-27(3,23)24/h5-6,8-11,13,21H,4,7,12H2,1-3H3,(H,20,22). The molecule has 27 heavy (non-hydrogen) atoms. The average molecular weight is 392 g/mol. The number of aryl methyl sites for hydroxylation is 1. The van der Waals surface area contributed by atoms with Gasteiger partial charge in [-0.15, -0.1) is 0 Å². The predicted molar refractivity (Wildman–Crippen MR) is 106 cm³/mol. The van der Waals surface area contributed by atoms with E-state index in [1.807, 2.05) is 31.2 Å². The van der Waals surface area contributed by atoms with E-state index in [-0.39, 0.29) is 11.6 Å². The Morgan fingerprint density at radius 3 is 2.41 bits per heavy atom. The Morgan fingerprint density at radius 1 is 1.11 bits per heavy atom. The molecule has 0 heterocycles. The largest absolute Gasteiger partial charge is 0.495 e. The van der Waals surface area contributed by atoms with Gasteiger partial charge in [-0.05, 0) is 49.2 Å². The van der Waals surface area contributed by atoms with Gasteiger partial charge in [0.15, 0.2) is 0 Å². The summed E-state index contributed by atoms with van der Waals surface area (Å²) < 4.78 is 35.8. The van der Waals surface area contributed by atoms with E-state index >= 15 is 0 Å². The molecule has 0 atom stereocenters. The minimum Gasteiger partial charge on any atom is -0.495 e. The number of amides is 1. The Morgan fingerprint density at radius 2 is 1.81 bits per heavy atom. The van der Waals surface area contributed by atoms with Crippen LogP contribution in [0.2, 0.25) is 0 Å². The zero-order chi connectivity index (χ0) is 19.9. The third kappa shape index (κ3) is 6.82. The molecule has 0 fully saturated rings. The number of methoxy groups -OCH3 is 1. The third-order valence-corrected chi connectivity index (χ3v) is 4.24. The van der Waals surface area contributed by atoms with Crippen molar-refractivity contribution >= 4 is 27.3 Å². The van der Waals surface area contributed by atoms with Crippen LogP contribution in [0, 0.1) is 0 Å². The Kier molecular flexibility index (Phi) is 7.06. The lowest BCUT2D eigenvalue weighted by Gasteiger charge is -2.12. The molecule has 0 aliphatic rings. The van der Waals surface area contributed by atoms with Crippen molar-refractivity contribution in [3.8, 4) is 11.5 Å². The molecule has 2 aromatic rings. The van der Waals surface area contributed by atoms with E-state index in [1.54, 1.807) is 12.1 Å². The van der Waals surface area contributed by atoms with Crippen LogP contribution in [0.5, 0.6) is 11.5 Å². The van der Waals surface area contributed by atoms with Crippen LogP contribution in [0.15, 0.2) is 42.5 Å². The van der Waals surface area contributed by atoms with Gasteiger partial charge in [0.2, 0.25) is 15.9 Å². The highest BCUT2D eigenvalue weighted by atomic mass is 32.2. The summed E-state index contributed by atoms with van der Waals surface area (Å²) in [5.41, 5.74) is 1.78. The van der Waals surface area contributed by atoms with Crippen molar-refractivity contribution in [3.63, 3.8) is 0 Å². The number of anilines is 2. The fourth-order valence-corrected chi connectivity index (χ4v) is 3.02. The lowest BCUT2D eigenvalue weighted by atomic mass is 10.1. The molecule has 1 amide bonds. The Balaban J connectivity index is 1.97. The molecule has 2 rings (SSSR count). The van der Waals surface area contributed by atoms with Gasteiger partial charge in [-0.2, -0.15) is 0 Å². The van der Waals surface area contributed by atoms with Gasteiger partial charge in [-0.25, -0.2) is 8.42 Å². The summed E-state index contributed by atoms with van der Waals surface area (Å²) >= 11 is 0. The van der Waals surface area contributed by atoms with Crippen LogP contribution >= 0.6 is 0 Å². The van der Waals surface area contributed by atoms with Gasteiger partial charge in [0.1, 0.15) is 11.5 Å². The summed E-state index contributed by atoms with van der Waals surface area (Å²) in [6.45, 7) is 2.54. The number of benzene rings is 2. The van der Waals surface area contributed by atoms with Gasteiger partial charge in [0.25, 0.3) is 0 Å². The minimum absolute atomic E-state index is 0.167. The van der Waals surface area contributed by atoms with Crippen molar-refractivity contribution in [2.24, 2.45) is 0 Å². The number of carbonyl (C=O) groups excluding carboxylic acids is 1. The average Bonchev–Trinajstić information content (AvgIpc) is 2.60. The van der Waals surface area contributed by atoms with Crippen LogP contribution in [-0.4, -0.2) is 34.3 Å². The van der Waals surface area contributed by atoms with Gasteiger partial charge >= 0.3 is 0 Å². The minimum atomic E-state index is -3.46. The summed E-state index contributed by atoms with van der Waals surface area (Å²) in [5.74, 6) is 1.00. The maximum Gasteiger partial charge on any atom is 0.229 e. The van der Waals surface area contributed by atoms with E-state index in [9.17, 15) is 13.2 Å². The van der Waals surface area contributed by atoms with Crippen molar-refractivity contribution in [1.29, 1.82) is 0 Å². The van der Waals surface area contributed by atoms with Crippen molar-refractivity contribution in [1.82, 2.24) is 0 Å². The van der Waals surface area contributed by atoms with Crippen LogP contribution in [0.1, 0.15) is 18.9 Å². The second-order valence-electron chi connectivity index (χ2n) is 5.91. The molecule has 0 unspecified atom stereocenters. The first-order chi connectivity index (χ1) is 12.8. The Hall–Kier alpha value is -2.74. The summed E-state index contributed by atoms with van der Waals surface area (Å²) in [6, 6.07) is 12.4. The zero-order valence-electron chi connectivity index (χ0n) is 15.6. The molecule has 0 bridgehead atoms. The topological polar surface area (TPSA) is 93.7 Å². The normalized spacial score (nSPS) is 10.9. The molecule has 0 aromatic heterocycles. The number of hydrogen-bond acceptors (Lipinski definition) is 5. The van der Waals surface area contributed by atoms with Crippen molar-refractivity contribution < 1.29 is 22.7 Å². The molecule has 0 aliphatic heterocycles. The van der Waals surface area contributed by atoms with Crippen molar-refractivity contribution in [3.05, 3.63) is 48.0 Å². The number of rotatable bonds is 9. The number of sulfonamides is 1. The fourth-order valence-electron chi connectivity index (χ4n) is 2.47. The van der Waals surface area contributed by atoms with Crippen LogP contribution in [0.4, 0.5) is 11.4 Å². The molecular formula is C19H24N2O5S. The summed E-state index contributed by atoms with van der Waals surface area (Å²) in [4.78, 5) is 12.2. The zero-order valence-corrected chi connectivity index (χ0v) is 16.4. The molecule has 8 heteroatoms. The molecular weight excluding hydrogens is 368 g/mol. The third-order valence-electron chi connectivity index (χ3n) is 3.65. The monoisotopic (exact) mass is 392 g/mol. The first-order valence-corrected chi connectivity index (χ1v) is 10.4. The molecule has 0 saturated carbocycles. The highest BCUT2D eigenvalue weighted by Crippen LogP contribution is 2.28. The van der Waals surface area contributed by atoms with Crippen LogP contribution in [-0.2, 0) is 21.2 Å². The predicted octanol–water partition coefficient (Wildman–Crippen LogP) is 3.04. The lowest BCUT2D eigenvalue weighted by molar-refractivity contribution is -0.116. The van der Waals surface area contributed by atoms with E-state index in [4.69, 9.17) is 9.47 Å². The van der Waals surface area contributed by atoms with Crippen LogP contribution < -0.4 is 19.5 Å². The smallest absolute Gasteiger partial charge is 0.229 e. The van der Waals surface area contributed by atoms with Gasteiger partial charge in [-0.1, -0.05) is 12.1 Å². The summed E-state index contributed by atoms with van der Waals surface area (Å²) in [7, 11) is -2.02. The van der Waals surface area contributed by atoms with Gasteiger partial charge in [0, 0.05) is 12.1 Å². The molecule has 7 nitrogen and oxygen atoms in total. The Labute approximate surface area is 159 Å². The fraction of sp³-hybridized carbons (Fsp3) is 0.316. The molecule has 2 aromatic carbocycles. The SMILES string of the molecule is CCOc1ccc(CCC(=O)Nc2ccc(OC)c(NS(C)(=O)=O)c2)cc1. The van der Waals surface area contributed by atoms with Crippen LogP contribution in [0.3, 0.4) is 0 Å². The Bertz CT molecular complexity index is 879. The quantitative estimate of drug-likeness (QED) is 0.684. The van der Waals surface area contributed by atoms with Gasteiger partial charge < -0.3 is 14.8 Å². The van der Waals surface area contributed by atoms with Crippen LogP contribution in [0.25, 0.3) is 0 Å². The first kappa shape index (κ1) is 20.6. The maximum atomic E-state index is 12.2. The first-order valence-electron chi connectivity index (χ1n) is 8.48. The number of nitrogens with one attached hydrogen (secondary N) is 2. The summed E-state index contributed by atoms with van der Waals surface area (Å²) in [6.07, 6.45) is 1.94. The molecule has 0 saturated heterocycles. The second-order valence-corrected chi connectivity index (χ2v) is 7.66. The molecule has 2 N–H and O–H groups in total. The summed E-state index contributed by atoms with van der Waals surface area (Å²) in [5, 5.41) is 2.77. The van der Waals surface area contributed by atoms with E-state index in [0.29, 0.717) is 30.9 Å². The van der Waals surface area contributed by atoms with Gasteiger partial charge in [0.05, 0.1) is 25.7 Å². The highest BCUT2D eigenvalue weighted by Gasteiger charge is 2.11. The number of ether oxygens (including phenoxy) is 2. The van der Waals surface area contributed by atoms with E-state index in [1.165, 1.54) is 13.2 Å². The van der Waals surface area contributed by atoms with Gasteiger partial charge in [-0.3, -0.25) is 9.52 Å². The molecule has 146 valence electrons. The van der Waals surface area contributed by atoms with E-state index in [2.05, 4.69) is 10.0 Å². The van der Waals surface area contributed by atoms with Crippen molar-refractivity contribution in [2.75, 3.05) is 30.0 Å². The molecule has 0 radical (unpaired) electrons. The van der Waals surface area contributed by atoms with Crippen molar-refractivity contribution in [2.45, 2.75) is 19.8 Å². The van der Waals surface area contributed by atoms with E-state index < -0.39 is 10.0 Å². The lowest BCUT2D eigenvalue weighted by Crippen LogP contribution is -2.14. The maximum absolute atomic E-state index is 12.2. The highest BCUT2D eigenvalue weighted by molar-refractivity contribution is 7.92. The molecule has 0 spiro atoms. The number of hydrogen-bond donors (Lipinski definition) is 2. The second kappa shape index (κ2) is 9.27. The molecule has 0 aliphatic carbocycles. The number of carbonyl (C=O) groups is 1.